The Balaban J connectivity index is 1.56. The molecular weight excluding hydrogens is 502 g/mol. The predicted molar refractivity (Wildman–Crippen MR) is 127 cm³/mol. The van der Waals surface area contributed by atoms with Crippen molar-refractivity contribution in [2.24, 2.45) is 0 Å². The van der Waals surface area contributed by atoms with Gasteiger partial charge in [-0.05, 0) is 41.1 Å². The van der Waals surface area contributed by atoms with Gasteiger partial charge in [0, 0.05) is 18.6 Å². The number of benzene rings is 1. The number of rotatable bonds is 11. The van der Waals surface area contributed by atoms with E-state index < -0.39 is 28.9 Å². The molecule has 0 saturated carbocycles. The number of aryl methyl sites for hydroxylation is 2. The van der Waals surface area contributed by atoms with Crippen molar-refractivity contribution < 1.29 is 28.8 Å². The number of tetrazole rings is 1. The number of nitro benzene ring substituents is 1. The standard InChI is InChI=1S/C22H21N9O7/c1-37-21(33)18(9-10-19-27-28-29-30(19)12-2-11-23)26-20(32)17-8-3-14(13-24-17)25-22(34)38-16-6-4-15(5-7-16)31(35)36/h3-8,13,18H,2,9-10,12H2,1H3,(H,25,34)(H,26,32)/t18-/m0/s1. The topological polar surface area (TPSA) is 217 Å². The number of ether oxygens (including phenoxy) is 2. The van der Waals surface area contributed by atoms with Crippen molar-refractivity contribution in [1.29, 1.82) is 5.26 Å². The van der Waals surface area contributed by atoms with Gasteiger partial charge >= 0.3 is 12.1 Å². The Labute approximate surface area is 214 Å². The van der Waals surface area contributed by atoms with Crippen LogP contribution in [0.3, 0.4) is 0 Å². The van der Waals surface area contributed by atoms with Crippen molar-refractivity contribution in [2.75, 3.05) is 12.4 Å². The van der Waals surface area contributed by atoms with Crippen LogP contribution in [-0.2, 0) is 22.5 Å². The van der Waals surface area contributed by atoms with Crippen molar-refractivity contribution >= 4 is 29.3 Å². The average molecular weight is 523 g/mol. The molecule has 3 rings (SSSR count). The van der Waals surface area contributed by atoms with Gasteiger partial charge in [0.15, 0.2) is 5.82 Å². The Morgan fingerprint density at radius 2 is 1.97 bits per heavy atom. The first-order chi connectivity index (χ1) is 18.3. The highest BCUT2D eigenvalue weighted by atomic mass is 16.6. The smallest absolute Gasteiger partial charge is 0.417 e. The molecule has 1 atom stereocenters. The van der Waals surface area contributed by atoms with Crippen molar-refractivity contribution in [3.05, 3.63) is 64.2 Å². The van der Waals surface area contributed by atoms with Gasteiger partial charge in [-0.2, -0.15) is 5.26 Å². The zero-order chi connectivity index (χ0) is 27.5. The van der Waals surface area contributed by atoms with Crippen molar-refractivity contribution in [3.8, 4) is 11.8 Å². The number of nitriles is 1. The van der Waals surface area contributed by atoms with E-state index in [0.29, 0.717) is 12.4 Å². The molecule has 2 heterocycles. The number of aromatic nitrogens is 5. The number of carbonyl (C=O) groups is 3. The highest BCUT2D eigenvalue weighted by Crippen LogP contribution is 2.18. The lowest BCUT2D eigenvalue weighted by Crippen LogP contribution is -2.42. The van der Waals surface area contributed by atoms with E-state index in [9.17, 15) is 24.5 Å². The number of amides is 2. The fourth-order valence-electron chi connectivity index (χ4n) is 3.12. The van der Waals surface area contributed by atoms with Gasteiger partial charge in [-0.1, -0.05) is 0 Å². The average Bonchev–Trinajstić information content (AvgIpc) is 3.37. The van der Waals surface area contributed by atoms with E-state index >= 15 is 0 Å². The lowest BCUT2D eigenvalue weighted by molar-refractivity contribution is -0.384. The lowest BCUT2D eigenvalue weighted by Gasteiger charge is -2.16. The highest BCUT2D eigenvalue weighted by Gasteiger charge is 2.24. The summed E-state index contributed by atoms with van der Waals surface area (Å²) in [5, 5.41) is 35.6. The third-order valence-corrected chi connectivity index (χ3v) is 4.99. The first-order valence-corrected chi connectivity index (χ1v) is 11.0. The number of nitrogens with one attached hydrogen (secondary N) is 2. The van der Waals surface area contributed by atoms with Crippen molar-refractivity contribution in [1.82, 2.24) is 30.5 Å². The summed E-state index contributed by atoms with van der Waals surface area (Å²) in [5.74, 6) is -0.811. The third-order valence-electron chi connectivity index (χ3n) is 4.99. The van der Waals surface area contributed by atoms with Crippen LogP contribution in [0.25, 0.3) is 0 Å². The van der Waals surface area contributed by atoms with E-state index in [1.54, 1.807) is 0 Å². The maximum Gasteiger partial charge on any atom is 0.417 e. The van der Waals surface area contributed by atoms with Crippen LogP contribution in [0, 0.1) is 21.4 Å². The molecule has 3 aromatic rings. The molecule has 16 heteroatoms. The minimum Gasteiger partial charge on any atom is -0.467 e. The number of esters is 1. The number of nitro groups is 1. The number of hydrogen-bond donors (Lipinski definition) is 2. The fraction of sp³-hybridized carbons (Fsp3) is 0.273. The van der Waals surface area contributed by atoms with E-state index in [0.717, 1.165) is 0 Å². The molecule has 0 aliphatic rings. The monoisotopic (exact) mass is 523 g/mol. The minimum atomic E-state index is -1.02. The Kier molecular flexibility index (Phi) is 9.29. The molecule has 0 spiro atoms. The molecule has 38 heavy (non-hydrogen) atoms. The van der Waals surface area contributed by atoms with Gasteiger partial charge in [-0.3, -0.25) is 20.2 Å². The predicted octanol–water partition coefficient (Wildman–Crippen LogP) is 1.41. The molecule has 16 nitrogen and oxygen atoms in total. The molecule has 0 saturated heterocycles. The van der Waals surface area contributed by atoms with Crippen LogP contribution in [-0.4, -0.2) is 61.2 Å². The Hall–Kier alpha value is -5.46. The zero-order valence-corrected chi connectivity index (χ0v) is 19.9. The summed E-state index contributed by atoms with van der Waals surface area (Å²) in [6, 6.07) is 8.62. The Morgan fingerprint density at radius 3 is 2.61 bits per heavy atom. The third kappa shape index (κ3) is 7.52. The van der Waals surface area contributed by atoms with E-state index in [1.165, 1.54) is 54.4 Å². The van der Waals surface area contributed by atoms with Crippen molar-refractivity contribution in [2.45, 2.75) is 31.8 Å². The fourth-order valence-corrected chi connectivity index (χ4v) is 3.12. The highest BCUT2D eigenvalue weighted by molar-refractivity contribution is 5.95. The molecule has 1 aromatic carbocycles. The van der Waals surface area contributed by atoms with Crippen LogP contribution in [0.4, 0.5) is 16.2 Å². The second kappa shape index (κ2) is 13.0. The van der Waals surface area contributed by atoms with Gasteiger partial charge in [0.05, 0.1) is 43.0 Å². The van der Waals surface area contributed by atoms with E-state index in [-0.39, 0.29) is 42.1 Å². The second-order valence-electron chi connectivity index (χ2n) is 7.51. The number of hydrogen-bond acceptors (Lipinski definition) is 12. The van der Waals surface area contributed by atoms with Crippen LogP contribution < -0.4 is 15.4 Å². The molecule has 0 fully saturated rings. The van der Waals surface area contributed by atoms with E-state index in [1.807, 2.05) is 6.07 Å². The van der Waals surface area contributed by atoms with Gasteiger partial charge in [0.25, 0.3) is 11.6 Å². The molecule has 0 aliphatic heterocycles. The molecule has 0 aliphatic carbocycles. The molecule has 0 radical (unpaired) electrons. The maximum atomic E-state index is 12.7. The van der Waals surface area contributed by atoms with Gasteiger partial charge < -0.3 is 14.8 Å². The number of pyridine rings is 1. The molecule has 196 valence electrons. The van der Waals surface area contributed by atoms with Crippen LogP contribution in [0.5, 0.6) is 5.75 Å². The zero-order valence-electron chi connectivity index (χ0n) is 19.9. The summed E-state index contributed by atoms with van der Waals surface area (Å²) in [5.41, 5.74) is 0.0235. The van der Waals surface area contributed by atoms with Gasteiger partial charge in [0.2, 0.25) is 0 Å². The number of non-ortho nitro benzene ring substituents is 1. The number of nitrogens with zero attached hydrogens (tertiary/aromatic N) is 7. The van der Waals surface area contributed by atoms with E-state index in [2.05, 4.69) is 31.1 Å². The summed E-state index contributed by atoms with van der Waals surface area (Å²) < 4.78 is 11.3. The maximum absolute atomic E-state index is 12.7. The number of carbonyl (C=O) groups excluding carboxylic acids is 3. The molecule has 2 aromatic heterocycles. The quantitative estimate of drug-likeness (QED) is 0.207. The summed E-state index contributed by atoms with van der Waals surface area (Å²) in [6.07, 6.45) is 0.898. The number of methoxy groups -OCH3 is 1. The van der Waals surface area contributed by atoms with Crippen LogP contribution >= 0.6 is 0 Å². The molecule has 2 N–H and O–H groups in total. The molecule has 0 bridgehead atoms. The largest absolute Gasteiger partial charge is 0.467 e. The van der Waals surface area contributed by atoms with Crippen LogP contribution in [0.2, 0.25) is 0 Å². The summed E-state index contributed by atoms with van der Waals surface area (Å²) in [6.45, 7) is 0.291. The molecule has 2 amide bonds. The van der Waals surface area contributed by atoms with Crippen LogP contribution in [0.15, 0.2) is 42.6 Å². The minimum absolute atomic E-state index is 0.0351. The Morgan fingerprint density at radius 1 is 1.21 bits per heavy atom. The Bertz CT molecular complexity index is 1330. The van der Waals surface area contributed by atoms with Gasteiger partial charge in [-0.25, -0.2) is 19.3 Å². The van der Waals surface area contributed by atoms with Gasteiger partial charge in [-0.15, -0.1) is 5.10 Å². The molecule has 0 unspecified atom stereocenters. The van der Waals surface area contributed by atoms with Crippen molar-refractivity contribution in [3.63, 3.8) is 0 Å². The first kappa shape index (κ1) is 27.1. The number of anilines is 1. The molecular formula is C22H21N9O7. The van der Waals surface area contributed by atoms with E-state index in [4.69, 9.17) is 14.7 Å². The van der Waals surface area contributed by atoms with Crippen LogP contribution in [0.1, 0.15) is 29.2 Å². The summed E-state index contributed by atoms with van der Waals surface area (Å²) in [4.78, 5) is 51.1. The SMILES string of the molecule is COC(=O)[C@H](CCc1nnnn1CCC#N)NC(=O)c1ccc(NC(=O)Oc2ccc([N+](=O)[O-])cc2)cn1. The summed E-state index contributed by atoms with van der Waals surface area (Å²) in [7, 11) is 1.19. The normalized spacial score (nSPS) is 11.1. The first-order valence-electron chi connectivity index (χ1n) is 11.0. The second-order valence-corrected chi connectivity index (χ2v) is 7.51. The lowest BCUT2D eigenvalue weighted by atomic mass is 10.1. The summed E-state index contributed by atoms with van der Waals surface area (Å²) >= 11 is 0. The van der Waals surface area contributed by atoms with Gasteiger partial charge in [0.1, 0.15) is 17.5 Å².